The van der Waals surface area contributed by atoms with E-state index in [0.29, 0.717) is 13.0 Å². The van der Waals surface area contributed by atoms with Crippen molar-refractivity contribution in [2.24, 2.45) is 0 Å². The predicted octanol–water partition coefficient (Wildman–Crippen LogP) is 4.84. The van der Waals surface area contributed by atoms with Crippen LogP contribution in [0.25, 0.3) is 0 Å². The van der Waals surface area contributed by atoms with Gasteiger partial charge >= 0.3 is 11.9 Å². The summed E-state index contributed by atoms with van der Waals surface area (Å²) in [5.74, 6) is 0.339. The summed E-state index contributed by atoms with van der Waals surface area (Å²) in [6.07, 6.45) is 7.20. The number of carboxylic acid groups (broad SMARTS) is 2. The molecule has 1 rings (SSSR count). The van der Waals surface area contributed by atoms with Gasteiger partial charge in [0.05, 0.1) is 6.61 Å². The van der Waals surface area contributed by atoms with Crippen LogP contribution in [-0.2, 0) is 9.59 Å². The fourth-order valence-electron chi connectivity index (χ4n) is 2.36. The van der Waals surface area contributed by atoms with Gasteiger partial charge in [0.25, 0.3) is 0 Å². The van der Waals surface area contributed by atoms with E-state index in [2.05, 4.69) is 0 Å². The number of ether oxygens (including phenoxy) is 1. The van der Waals surface area contributed by atoms with Crippen LogP contribution in [0, 0.1) is 0 Å². The van der Waals surface area contributed by atoms with E-state index in [-0.39, 0.29) is 12.8 Å². The molecule has 25 heavy (non-hydrogen) atoms. The molecule has 0 saturated carbocycles. The van der Waals surface area contributed by atoms with Crippen molar-refractivity contribution in [2.45, 2.75) is 62.7 Å². The molecule has 5 nitrogen and oxygen atoms in total. The van der Waals surface area contributed by atoms with Gasteiger partial charge in [-0.15, -0.1) is 11.8 Å². The molecule has 0 aliphatic rings. The van der Waals surface area contributed by atoms with Gasteiger partial charge in [-0.25, -0.2) is 0 Å². The maximum atomic E-state index is 10.5. The van der Waals surface area contributed by atoms with E-state index >= 15 is 0 Å². The Morgan fingerprint density at radius 1 is 0.840 bits per heavy atom. The summed E-state index contributed by atoms with van der Waals surface area (Å²) in [5, 5.41) is 17.2. The van der Waals surface area contributed by atoms with Crippen molar-refractivity contribution in [3.63, 3.8) is 0 Å². The minimum Gasteiger partial charge on any atom is -0.492 e. The first-order valence-electron chi connectivity index (χ1n) is 8.88. The number of thioether (sulfide) groups is 1. The van der Waals surface area contributed by atoms with Gasteiger partial charge in [-0.2, -0.15) is 0 Å². The maximum absolute atomic E-state index is 10.5. The highest BCUT2D eigenvalue weighted by molar-refractivity contribution is 7.99. The Morgan fingerprint density at radius 3 is 2.16 bits per heavy atom. The summed E-state index contributed by atoms with van der Waals surface area (Å²) in [7, 11) is 0. The molecule has 0 amide bonds. The Labute approximate surface area is 153 Å². The van der Waals surface area contributed by atoms with E-state index in [1.54, 1.807) is 11.8 Å². The smallest absolute Gasteiger partial charge is 0.303 e. The highest BCUT2D eigenvalue weighted by atomic mass is 32.2. The van der Waals surface area contributed by atoms with Crippen molar-refractivity contribution in [1.29, 1.82) is 0 Å². The standard InChI is InChI=1S/C19H28O5S/c20-18(21)12-5-3-1-2-4-8-15-25-17-11-7-6-10-16(17)24-14-9-13-19(22)23/h6-7,10-11H,1-5,8-9,12-15H2,(H,20,21)(H,22,23). The van der Waals surface area contributed by atoms with Gasteiger partial charge in [0.2, 0.25) is 0 Å². The normalized spacial score (nSPS) is 10.6. The third-order valence-corrected chi connectivity index (χ3v) is 4.83. The van der Waals surface area contributed by atoms with Crippen LogP contribution in [0.3, 0.4) is 0 Å². The second kappa shape index (κ2) is 13.6. The van der Waals surface area contributed by atoms with Crippen LogP contribution >= 0.6 is 11.8 Å². The Morgan fingerprint density at radius 2 is 1.44 bits per heavy atom. The van der Waals surface area contributed by atoms with Crippen LogP contribution in [0.1, 0.15) is 57.8 Å². The zero-order valence-corrected chi connectivity index (χ0v) is 15.4. The molecule has 6 heteroatoms. The minimum absolute atomic E-state index is 0.127. The van der Waals surface area contributed by atoms with E-state index < -0.39 is 11.9 Å². The van der Waals surface area contributed by atoms with Crippen molar-refractivity contribution in [3.8, 4) is 5.75 Å². The molecule has 0 heterocycles. The molecule has 140 valence electrons. The molecule has 0 aliphatic carbocycles. The summed E-state index contributed by atoms with van der Waals surface area (Å²) in [4.78, 5) is 22.0. The Kier molecular flexibility index (Phi) is 11.6. The number of carboxylic acids is 2. The first-order valence-corrected chi connectivity index (χ1v) is 9.86. The van der Waals surface area contributed by atoms with Crippen LogP contribution in [0.4, 0.5) is 0 Å². The van der Waals surface area contributed by atoms with Gasteiger partial charge in [0.15, 0.2) is 0 Å². The lowest BCUT2D eigenvalue weighted by molar-refractivity contribution is -0.138. The van der Waals surface area contributed by atoms with Gasteiger partial charge in [0, 0.05) is 17.7 Å². The average molecular weight is 368 g/mol. The Hall–Kier alpha value is -1.69. The number of unbranched alkanes of at least 4 members (excludes halogenated alkanes) is 5. The molecule has 2 N–H and O–H groups in total. The van der Waals surface area contributed by atoms with Crippen LogP contribution in [0.5, 0.6) is 5.75 Å². The fraction of sp³-hybridized carbons (Fsp3) is 0.579. The topological polar surface area (TPSA) is 83.8 Å². The molecular formula is C19H28O5S. The van der Waals surface area contributed by atoms with Gasteiger partial charge < -0.3 is 14.9 Å². The van der Waals surface area contributed by atoms with Crippen molar-refractivity contribution >= 4 is 23.7 Å². The molecule has 1 aromatic carbocycles. The van der Waals surface area contributed by atoms with Gasteiger partial charge in [-0.3, -0.25) is 9.59 Å². The highest BCUT2D eigenvalue weighted by Crippen LogP contribution is 2.30. The summed E-state index contributed by atoms with van der Waals surface area (Å²) >= 11 is 1.76. The number of rotatable bonds is 15. The number of para-hydroxylation sites is 1. The average Bonchev–Trinajstić information content (AvgIpc) is 2.58. The maximum Gasteiger partial charge on any atom is 0.303 e. The summed E-state index contributed by atoms with van der Waals surface area (Å²) < 4.78 is 5.70. The second-order valence-electron chi connectivity index (χ2n) is 5.91. The monoisotopic (exact) mass is 368 g/mol. The van der Waals surface area contributed by atoms with Crippen molar-refractivity contribution < 1.29 is 24.5 Å². The van der Waals surface area contributed by atoms with Gasteiger partial charge in [0.1, 0.15) is 5.75 Å². The summed E-state index contributed by atoms with van der Waals surface area (Å²) in [6, 6.07) is 7.86. The van der Waals surface area contributed by atoms with Crippen LogP contribution in [0.15, 0.2) is 29.2 Å². The molecule has 0 aromatic heterocycles. The quantitative estimate of drug-likeness (QED) is 0.340. The Bertz CT molecular complexity index is 518. The first-order chi connectivity index (χ1) is 12.1. The molecule has 0 saturated heterocycles. The lowest BCUT2D eigenvalue weighted by atomic mass is 10.1. The summed E-state index contributed by atoms with van der Waals surface area (Å²) in [6.45, 7) is 0.417. The number of benzene rings is 1. The molecule has 0 unspecified atom stereocenters. The molecular weight excluding hydrogens is 340 g/mol. The Balaban J connectivity index is 2.13. The van der Waals surface area contributed by atoms with Gasteiger partial charge in [-0.05, 0) is 37.1 Å². The minimum atomic E-state index is -0.797. The van der Waals surface area contributed by atoms with Crippen LogP contribution in [-0.4, -0.2) is 34.5 Å². The lowest BCUT2D eigenvalue weighted by Crippen LogP contribution is -2.02. The van der Waals surface area contributed by atoms with Crippen LogP contribution in [0.2, 0.25) is 0 Å². The number of hydrogen-bond acceptors (Lipinski definition) is 4. The predicted molar refractivity (Wildman–Crippen MR) is 99.5 cm³/mol. The van der Waals surface area contributed by atoms with E-state index in [9.17, 15) is 9.59 Å². The molecule has 0 spiro atoms. The molecule has 0 atom stereocenters. The number of hydrogen-bond donors (Lipinski definition) is 2. The lowest BCUT2D eigenvalue weighted by Gasteiger charge is -2.10. The van der Waals surface area contributed by atoms with E-state index in [1.165, 1.54) is 0 Å². The fourth-order valence-corrected chi connectivity index (χ4v) is 3.37. The zero-order valence-electron chi connectivity index (χ0n) is 14.6. The first kappa shape index (κ1) is 21.4. The van der Waals surface area contributed by atoms with Crippen molar-refractivity contribution in [3.05, 3.63) is 24.3 Å². The third kappa shape index (κ3) is 11.5. The summed E-state index contributed by atoms with van der Waals surface area (Å²) in [5.41, 5.74) is 0. The molecule has 0 fully saturated rings. The number of carbonyl (C=O) groups is 2. The highest BCUT2D eigenvalue weighted by Gasteiger charge is 2.04. The van der Waals surface area contributed by atoms with E-state index in [4.69, 9.17) is 14.9 Å². The van der Waals surface area contributed by atoms with Crippen LogP contribution < -0.4 is 4.74 Å². The molecule has 1 aromatic rings. The van der Waals surface area contributed by atoms with E-state index in [0.717, 1.165) is 54.9 Å². The van der Waals surface area contributed by atoms with Crippen molar-refractivity contribution in [1.82, 2.24) is 0 Å². The van der Waals surface area contributed by atoms with Crippen molar-refractivity contribution in [2.75, 3.05) is 12.4 Å². The molecule has 0 radical (unpaired) electrons. The molecule has 0 bridgehead atoms. The third-order valence-electron chi connectivity index (χ3n) is 3.68. The van der Waals surface area contributed by atoms with E-state index in [1.807, 2.05) is 24.3 Å². The molecule has 0 aliphatic heterocycles. The SMILES string of the molecule is O=C(O)CCCCCCCCSc1ccccc1OCCCC(=O)O. The number of aliphatic carboxylic acids is 2. The zero-order chi connectivity index (χ0) is 18.3. The van der Waals surface area contributed by atoms with Gasteiger partial charge in [-0.1, -0.05) is 37.8 Å². The second-order valence-corrected chi connectivity index (χ2v) is 7.04. The largest absolute Gasteiger partial charge is 0.492 e.